The first kappa shape index (κ1) is 20.3. The van der Waals surface area contributed by atoms with E-state index in [4.69, 9.17) is 0 Å². The average Bonchev–Trinajstić information content (AvgIpc) is 2.94. The lowest BCUT2D eigenvalue weighted by atomic mass is 10.1. The van der Waals surface area contributed by atoms with E-state index in [1.54, 1.807) is 32.0 Å². The molecule has 6 nitrogen and oxygen atoms in total. The number of hydrogen-bond donors (Lipinski definition) is 2. The zero-order valence-corrected chi connectivity index (χ0v) is 18.1. The summed E-state index contributed by atoms with van der Waals surface area (Å²) in [5.74, 6) is -0.249. The third-order valence-electron chi connectivity index (χ3n) is 4.27. The molecule has 2 aromatic carbocycles. The smallest absolute Gasteiger partial charge is 0.262 e. The summed E-state index contributed by atoms with van der Waals surface area (Å²) in [6, 6.07) is 8.88. The number of nitrogens with one attached hydrogen (secondary N) is 2. The SMILES string of the molecule is Cc1cc(C)c(S(=O)(=O)Nc2ccc3sc(NC(=O)C(C)C)nc3c2)c(C)c1. The molecule has 2 N–H and O–H groups in total. The molecule has 0 unspecified atom stereocenters. The Hall–Kier alpha value is -2.45. The van der Waals surface area contributed by atoms with Gasteiger partial charge in [-0.05, 0) is 50.1 Å². The topological polar surface area (TPSA) is 88.2 Å². The number of amides is 1. The molecule has 0 bridgehead atoms. The van der Waals surface area contributed by atoms with Gasteiger partial charge in [-0.1, -0.05) is 42.9 Å². The van der Waals surface area contributed by atoms with E-state index in [9.17, 15) is 13.2 Å². The lowest BCUT2D eigenvalue weighted by Crippen LogP contribution is -2.17. The number of sulfonamides is 1. The highest BCUT2D eigenvalue weighted by atomic mass is 32.2. The zero-order chi connectivity index (χ0) is 20.6. The molecule has 0 aliphatic rings. The van der Waals surface area contributed by atoms with Gasteiger partial charge >= 0.3 is 0 Å². The van der Waals surface area contributed by atoms with E-state index in [1.165, 1.54) is 11.3 Å². The second kappa shape index (κ2) is 7.52. The summed E-state index contributed by atoms with van der Waals surface area (Å²) in [5.41, 5.74) is 3.49. The first-order valence-corrected chi connectivity index (χ1v) is 11.2. The lowest BCUT2D eigenvalue weighted by molar-refractivity contribution is -0.118. The van der Waals surface area contributed by atoms with Gasteiger partial charge < -0.3 is 5.32 Å². The van der Waals surface area contributed by atoms with Crippen LogP contribution in [-0.4, -0.2) is 19.3 Å². The second-order valence-corrected chi connectivity index (χ2v) is 9.83. The standard InChI is InChI=1S/C20H23N3O3S2/c1-11(2)19(24)22-20-21-16-10-15(6-7-17(16)27-20)23-28(25,26)18-13(4)8-12(3)9-14(18)5/h6-11,23H,1-5H3,(H,21,22,24). The van der Waals surface area contributed by atoms with Crippen LogP contribution in [-0.2, 0) is 14.8 Å². The van der Waals surface area contributed by atoms with Gasteiger partial charge in [-0.25, -0.2) is 13.4 Å². The van der Waals surface area contributed by atoms with Gasteiger partial charge in [-0.2, -0.15) is 0 Å². The monoisotopic (exact) mass is 417 g/mol. The fourth-order valence-corrected chi connectivity index (χ4v) is 5.45. The Morgan fingerprint density at radius 1 is 1.07 bits per heavy atom. The van der Waals surface area contributed by atoms with E-state index in [2.05, 4.69) is 15.0 Å². The number of carbonyl (C=O) groups is 1. The van der Waals surface area contributed by atoms with E-state index in [0.717, 1.165) is 10.3 Å². The molecule has 0 aliphatic carbocycles. The first-order valence-electron chi connectivity index (χ1n) is 8.89. The van der Waals surface area contributed by atoms with Crippen molar-refractivity contribution in [3.8, 4) is 0 Å². The third kappa shape index (κ3) is 4.18. The van der Waals surface area contributed by atoms with Gasteiger partial charge in [0.1, 0.15) is 0 Å². The Kier molecular flexibility index (Phi) is 5.45. The van der Waals surface area contributed by atoms with Gasteiger partial charge in [0.05, 0.1) is 20.8 Å². The molecule has 0 fully saturated rings. The van der Waals surface area contributed by atoms with Crippen LogP contribution in [0.5, 0.6) is 0 Å². The molecule has 3 aromatic rings. The molecular formula is C20H23N3O3S2. The van der Waals surface area contributed by atoms with Crippen molar-refractivity contribution in [3.63, 3.8) is 0 Å². The maximum absolute atomic E-state index is 12.9. The highest BCUT2D eigenvalue weighted by molar-refractivity contribution is 7.92. The summed E-state index contributed by atoms with van der Waals surface area (Å²) in [4.78, 5) is 16.5. The number of nitrogens with zero attached hydrogens (tertiary/aromatic N) is 1. The minimum absolute atomic E-state index is 0.106. The van der Waals surface area contributed by atoms with Crippen LogP contribution in [0.3, 0.4) is 0 Å². The van der Waals surface area contributed by atoms with Crippen LogP contribution in [0, 0.1) is 26.7 Å². The van der Waals surface area contributed by atoms with Crippen LogP contribution in [0.25, 0.3) is 10.2 Å². The van der Waals surface area contributed by atoms with Crippen molar-refractivity contribution in [1.82, 2.24) is 4.98 Å². The number of benzene rings is 2. The van der Waals surface area contributed by atoms with E-state index >= 15 is 0 Å². The van der Waals surface area contributed by atoms with Crippen LogP contribution < -0.4 is 10.0 Å². The number of aryl methyl sites for hydroxylation is 3. The molecule has 148 valence electrons. The molecule has 0 saturated heterocycles. The summed E-state index contributed by atoms with van der Waals surface area (Å²) >= 11 is 1.35. The maximum atomic E-state index is 12.9. The molecule has 1 heterocycles. The van der Waals surface area contributed by atoms with Gasteiger partial charge in [0.15, 0.2) is 5.13 Å². The van der Waals surface area contributed by atoms with Crippen LogP contribution in [0.2, 0.25) is 0 Å². The molecule has 0 spiro atoms. The average molecular weight is 418 g/mol. The number of fused-ring (bicyclic) bond motifs is 1. The van der Waals surface area contributed by atoms with Crippen LogP contribution >= 0.6 is 11.3 Å². The van der Waals surface area contributed by atoms with Crippen molar-refractivity contribution in [2.75, 3.05) is 10.0 Å². The predicted molar refractivity (Wildman–Crippen MR) is 115 cm³/mol. The zero-order valence-electron chi connectivity index (χ0n) is 16.5. The maximum Gasteiger partial charge on any atom is 0.262 e. The number of aromatic nitrogens is 1. The Bertz CT molecular complexity index is 1140. The van der Waals surface area contributed by atoms with Gasteiger partial charge in [0.25, 0.3) is 10.0 Å². The molecule has 0 saturated carbocycles. The van der Waals surface area contributed by atoms with E-state index < -0.39 is 10.0 Å². The molecular weight excluding hydrogens is 394 g/mol. The Morgan fingerprint density at radius 3 is 2.32 bits per heavy atom. The van der Waals surface area contributed by atoms with Crippen molar-refractivity contribution >= 4 is 48.3 Å². The van der Waals surface area contributed by atoms with Crippen LogP contribution in [0.4, 0.5) is 10.8 Å². The first-order chi connectivity index (χ1) is 13.1. The number of rotatable bonds is 5. The van der Waals surface area contributed by atoms with Crippen LogP contribution in [0.1, 0.15) is 30.5 Å². The summed E-state index contributed by atoms with van der Waals surface area (Å²) < 4.78 is 29.4. The van der Waals surface area contributed by atoms with E-state index in [-0.39, 0.29) is 11.8 Å². The van der Waals surface area contributed by atoms with E-state index in [0.29, 0.717) is 32.4 Å². The predicted octanol–water partition coefficient (Wildman–Crippen LogP) is 4.62. The Labute approximate surface area is 169 Å². The molecule has 3 rings (SSSR count). The summed E-state index contributed by atoms with van der Waals surface area (Å²) in [7, 11) is -3.73. The van der Waals surface area contributed by atoms with Gasteiger partial charge in [0, 0.05) is 5.92 Å². The summed E-state index contributed by atoms with van der Waals surface area (Å²) in [6.45, 7) is 9.15. The Balaban J connectivity index is 1.91. The molecule has 1 amide bonds. The molecule has 8 heteroatoms. The molecule has 0 aliphatic heterocycles. The quantitative estimate of drug-likeness (QED) is 0.634. The fourth-order valence-electron chi connectivity index (χ4n) is 3.09. The summed E-state index contributed by atoms with van der Waals surface area (Å²) in [5, 5.41) is 3.27. The number of thiazole rings is 1. The summed E-state index contributed by atoms with van der Waals surface area (Å²) in [6.07, 6.45) is 0. The van der Waals surface area contributed by atoms with Crippen molar-refractivity contribution in [3.05, 3.63) is 47.0 Å². The number of hydrogen-bond acceptors (Lipinski definition) is 5. The fraction of sp³-hybridized carbons (Fsp3) is 0.300. The van der Waals surface area contributed by atoms with Crippen molar-refractivity contribution in [2.45, 2.75) is 39.5 Å². The van der Waals surface area contributed by atoms with E-state index in [1.807, 2.05) is 32.9 Å². The largest absolute Gasteiger partial charge is 0.302 e. The second-order valence-electron chi connectivity index (χ2n) is 7.18. The van der Waals surface area contributed by atoms with Crippen molar-refractivity contribution < 1.29 is 13.2 Å². The van der Waals surface area contributed by atoms with Crippen molar-refractivity contribution in [2.24, 2.45) is 5.92 Å². The van der Waals surface area contributed by atoms with Crippen molar-refractivity contribution in [1.29, 1.82) is 0 Å². The highest BCUT2D eigenvalue weighted by Gasteiger charge is 2.20. The minimum Gasteiger partial charge on any atom is -0.302 e. The van der Waals surface area contributed by atoms with Crippen LogP contribution in [0.15, 0.2) is 35.2 Å². The lowest BCUT2D eigenvalue weighted by Gasteiger charge is -2.14. The normalized spacial score (nSPS) is 11.8. The highest BCUT2D eigenvalue weighted by Crippen LogP contribution is 2.30. The third-order valence-corrected chi connectivity index (χ3v) is 6.91. The van der Waals surface area contributed by atoms with Gasteiger partial charge in [-0.15, -0.1) is 0 Å². The number of anilines is 2. The van der Waals surface area contributed by atoms with Gasteiger partial charge in [0.2, 0.25) is 5.91 Å². The number of carbonyl (C=O) groups excluding carboxylic acids is 1. The molecule has 0 atom stereocenters. The molecule has 28 heavy (non-hydrogen) atoms. The molecule has 0 radical (unpaired) electrons. The van der Waals surface area contributed by atoms with Gasteiger partial charge in [-0.3, -0.25) is 9.52 Å². The molecule has 1 aromatic heterocycles. The Morgan fingerprint density at radius 2 is 1.71 bits per heavy atom. The minimum atomic E-state index is -3.73.